The summed E-state index contributed by atoms with van der Waals surface area (Å²) in [6.45, 7) is 1.83. The van der Waals surface area contributed by atoms with Crippen LogP contribution in [-0.4, -0.2) is 48.8 Å². The predicted molar refractivity (Wildman–Crippen MR) is 136 cm³/mol. The summed E-state index contributed by atoms with van der Waals surface area (Å²) in [5.41, 5.74) is 1.73. The summed E-state index contributed by atoms with van der Waals surface area (Å²) in [6, 6.07) is 13.5. The summed E-state index contributed by atoms with van der Waals surface area (Å²) in [4.78, 5) is 23.9. The van der Waals surface area contributed by atoms with Crippen molar-refractivity contribution < 1.29 is 45.9 Å². The molecule has 38 heavy (non-hydrogen) atoms. The number of hydrogen-bond acceptors (Lipinski definition) is 10. The molecule has 3 aromatic carbocycles. The number of esters is 2. The van der Waals surface area contributed by atoms with Crippen molar-refractivity contribution in [1.29, 1.82) is 0 Å². The van der Waals surface area contributed by atoms with E-state index in [1.165, 1.54) is 64.8 Å². The number of aryl methyl sites for hydroxylation is 1. The lowest BCUT2D eigenvalue weighted by Crippen LogP contribution is -2.11. The van der Waals surface area contributed by atoms with Crippen molar-refractivity contribution in [3.63, 3.8) is 0 Å². The van der Waals surface area contributed by atoms with Crippen LogP contribution < -0.4 is 18.4 Å². The van der Waals surface area contributed by atoms with Gasteiger partial charge in [0.2, 0.25) is 0 Å². The van der Waals surface area contributed by atoms with Crippen molar-refractivity contribution in [2.45, 2.75) is 24.7 Å². The Kier molecular flexibility index (Phi) is 9.19. The first kappa shape index (κ1) is 28.3. The number of hydrogen-bond donors (Lipinski definition) is 0. The van der Waals surface area contributed by atoms with Crippen LogP contribution >= 0.6 is 0 Å². The van der Waals surface area contributed by atoms with Crippen molar-refractivity contribution in [2.24, 2.45) is 0 Å². The molecule has 3 rings (SSSR count). The monoisotopic (exact) mass is 544 g/mol. The van der Waals surface area contributed by atoms with Crippen LogP contribution in [0.4, 0.5) is 0 Å². The molecule has 0 spiro atoms. The molecule has 0 amide bonds. The minimum absolute atomic E-state index is 0.0274. The van der Waals surface area contributed by atoms with Crippen LogP contribution in [0.1, 0.15) is 16.7 Å². The molecule has 0 aliphatic rings. The van der Waals surface area contributed by atoms with Crippen molar-refractivity contribution in [3.8, 4) is 28.7 Å². The van der Waals surface area contributed by atoms with Gasteiger partial charge in [-0.2, -0.15) is 8.42 Å². The van der Waals surface area contributed by atoms with Gasteiger partial charge in [0.25, 0.3) is 0 Å². The van der Waals surface area contributed by atoms with Crippen LogP contribution in [0.25, 0.3) is 0 Å². The molecule has 0 aliphatic carbocycles. The second-order valence-electron chi connectivity index (χ2n) is 8.05. The Bertz CT molecular complexity index is 1410. The highest BCUT2D eigenvalue weighted by molar-refractivity contribution is 7.87. The van der Waals surface area contributed by atoms with Gasteiger partial charge in [0, 0.05) is 11.6 Å². The third-order valence-electron chi connectivity index (χ3n) is 5.44. The summed E-state index contributed by atoms with van der Waals surface area (Å²) >= 11 is 0. The lowest BCUT2D eigenvalue weighted by atomic mass is 10.1. The molecule has 0 aromatic heterocycles. The minimum Gasteiger partial charge on any atom is -0.493 e. The summed E-state index contributed by atoms with van der Waals surface area (Å²) < 4.78 is 57.8. The van der Waals surface area contributed by atoms with E-state index in [9.17, 15) is 18.0 Å². The van der Waals surface area contributed by atoms with E-state index in [-0.39, 0.29) is 35.0 Å². The molecule has 0 heterocycles. The van der Waals surface area contributed by atoms with Crippen LogP contribution in [0.5, 0.6) is 28.7 Å². The van der Waals surface area contributed by atoms with Crippen molar-refractivity contribution >= 4 is 22.1 Å². The lowest BCUT2D eigenvalue weighted by molar-refractivity contribution is -0.140. The van der Waals surface area contributed by atoms with Crippen LogP contribution in [-0.2, 0) is 42.0 Å². The Balaban J connectivity index is 2.10. The highest BCUT2D eigenvalue weighted by atomic mass is 32.2. The van der Waals surface area contributed by atoms with E-state index in [0.29, 0.717) is 22.6 Å². The molecule has 10 nitrogen and oxygen atoms in total. The van der Waals surface area contributed by atoms with Crippen molar-refractivity contribution in [2.75, 3.05) is 28.4 Å². The Hall–Kier alpha value is -4.25. The van der Waals surface area contributed by atoms with Crippen LogP contribution in [0.15, 0.2) is 59.5 Å². The number of benzene rings is 3. The zero-order valence-electron chi connectivity index (χ0n) is 21.6. The van der Waals surface area contributed by atoms with Crippen LogP contribution in [0, 0.1) is 6.92 Å². The SMILES string of the molecule is COC(=O)Cc1ccc(OS(=O)(=O)c2ccc(C)cc2)c(Oc2cc(OC)c(OC)cc2CC(=O)OC)c1. The van der Waals surface area contributed by atoms with Crippen molar-refractivity contribution in [1.82, 2.24) is 0 Å². The Labute approximate surface area is 221 Å². The first-order chi connectivity index (χ1) is 18.1. The molecule has 0 N–H and O–H groups in total. The van der Waals surface area contributed by atoms with Gasteiger partial charge in [-0.1, -0.05) is 23.8 Å². The highest BCUT2D eigenvalue weighted by Gasteiger charge is 2.22. The zero-order chi connectivity index (χ0) is 27.9. The summed E-state index contributed by atoms with van der Waals surface area (Å²) in [5.74, 6) is -0.415. The molecule has 3 aromatic rings. The topological polar surface area (TPSA) is 124 Å². The largest absolute Gasteiger partial charge is 0.493 e. The molecule has 202 valence electrons. The fourth-order valence-electron chi connectivity index (χ4n) is 3.40. The smallest absolute Gasteiger partial charge is 0.339 e. The third kappa shape index (κ3) is 6.94. The molecular formula is C27H28O10S. The second kappa shape index (κ2) is 12.3. The van der Waals surface area contributed by atoms with Gasteiger partial charge in [-0.3, -0.25) is 9.59 Å². The van der Waals surface area contributed by atoms with Gasteiger partial charge in [0.05, 0.1) is 41.3 Å². The number of carbonyl (C=O) groups is 2. The predicted octanol–water partition coefficient (Wildman–Crippen LogP) is 4.00. The molecule has 11 heteroatoms. The van der Waals surface area contributed by atoms with Gasteiger partial charge in [-0.25, -0.2) is 0 Å². The van der Waals surface area contributed by atoms with Crippen LogP contribution in [0.2, 0.25) is 0 Å². The standard InChI is InChI=1S/C27H28O10S/c1-17-6-9-20(10-7-17)38(30,31)37-21-11-8-18(13-26(28)34-4)12-25(21)36-22-16-24(33-3)23(32-2)14-19(22)15-27(29)35-5/h6-12,14,16H,13,15H2,1-5H3. The fourth-order valence-corrected chi connectivity index (χ4v) is 4.34. The molecule has 0 saturated carbocycles. The van der Waals surface area contributed by atoms with Gasteiger partial charge in [-0.15, -0.1) is 0 Å². The summed E-state index contributed by atoms with van der Waals surface area (Å²) in [5, 5.41) is 0. The molecule has 0 aliphatic heterocycles. The van der Waals surface area contributed by atoms with E-state index in [1.54, 1.807) is 18.2 Å². The Morgan fingerprint density at radius 2 is 1.29 bits per heavy atom. The molecule has 0 saturated heterocycles. The first-order valence-corrected chi connectivity index (χ1v) is 12.7. The average molecular weight is 545 g/mol. The normalized spacial score (nSPS) is 10.9. The molecule has 0 radical (unpaired) electrons. The van der Waals surface area contributed by atoms with E-state index in [4.69, 9.17) is 27.9 Å². The number of ether oxygens (including phenoxy) is 5. The second-order valence-corrected chi connectivity index (χ2v) is 9.60. The van der Waals surface area contributed by atoms with Gasteiger partial charge in [0.15, 0.2) is 23.0 Å². The summed E-state index contributed by atoms with van der Waals surface area (Å²) in [6.07, 6.45) is -0.273. The van der Waals surface area contributed by atoms with Crippen molar-refractivity contribution in [3.05, 3.63) is 71.3 Å². The maximum atomic E-state index is 13.0. The van der Waals surface area contributed by atoms with E-state index in [0.717, 1.165) is 5.56 Å². The van der Waals surface area contributed by atoms with E-state index in [2.05, 4.69) is 0 Å². The summed E-state index contributed by atoms with van der Waals surface area (Å²) in [7, 11) is 1.15. The highest BCUT2D eigenvalue weighted by Crippen LogP contribution is 2.40. The Morgan fingerprint density at radius 3 is 1.89 bits per heavy atom. The van der Waals surface area contributed by atoms with Gasteiger partial charge >= 0.3 is 22.1 Å². The quantitative estimate of drug-likeness (QED) is 0.258. The number of carbonyl (C=O) groups excluding carboxylic acids is 2. The minimum atomic E-state index is -4.23. The van der Waals surface area contributed by atoms with E-state index < -0.39 is 22.1 Å². The molecule has 0 bridgehead atoms. The maximum absolute atomic E-state index is 13.0. The third-order valence-corrected chi connectivity index (χ3v) is 6.69. The molecule has 0 unspecified atom stereocenters. The van der Waals surface area contributed by atoms with Gasteiger partial charge < -0.3 is 27.9 Å². The first-order valence-electron chi connectivity index (χ1n) is 11.3. The molecular weight excluding hydrogens is 516 g/mol. The van der Waals surface area contributed by atoms with E-state index in [1.807, 2.05) is 6.92 Å². The van der Waals surface area contributed by atoms with Gasteiger partial charge in [0.1, 0.15) is 10.6 Å². The maximum Gasteiger partial charge on any atom is 0.339 e. The van der Waals surface area contributed by atoms with Gasteiger partial charge in [-0.05, 0) is 42.8 Å². The van der Waals surface area contributed by atoms with Crippen LogP contribution in [0.3, 0.4) is 0 Å². The zero-order valence-corrected chi connectivity index (χ0v) is 22.4. The lowest BCUT2D eigenvalue weighted by Gasteiger charge is -2.18. The average Bonchev–Trinajstić information content (AvgIpc) is 2.90. The molecule has 0 fully saturated rings. The van der Waals surface area contributed by atoms with E-state index >= 15 is 0 Å². The Morgan fingerprint density at radius 1 is 0.684 bits per heavy atom. The fraction of sp³-hybridized carbons (Fsp3) is 0.259. The number of rotatable bonds is 11. The molecule has 0 atom stereocenters. The number of methoxy groups -OCH3 is 4.